The summed E-state index contributed by atoms with van der Waals surface area (Å²) >= 11 is 0. The van der Waals surface area contributed by atoms with Crippen LogP contribution in [0.4, 0.5) is 0 Å². The molecule has 0 spiro atoms. The molecule has 0 aromatic rings. The zero-order valence-corrected chi connectivity index (χ0v) is 15.3. The molecule has 2 aliphatic carbocycles. The van der Waals surface area contributed by atoms with Crippen molar-refractivity contribution < 1.29 is 10.2 Å². The van der Waals surface area contributed by atoms with Gasteiger partial charge in [0.15, 0.2) is 0 Å². The summed E-state index contributed by atoms with van der Waals surface area (Å²) in [4.78, 5) is 0. The van der Waals surface area contributed by atoms with Crippen LogP contribution in [0.1, 0.15) is 79.6 Å². The minimum atomic E-state index is -0.543. The Morgan fingerprint density at radius 1 is 1.14 bits per heavy atom. The summed E-state index contributed by atoms with van der Waals surface area (Å²) in [6.07, 6.45) is 9.90. The van der Waals surface area contributed by atoms with Gasteiger partial charge >= 0.3 is 0 Å². The fraction of sp³-hybridized carbons (Fsp3) is 0.900. The normalized spacial score (nSPS) is 42.0. The molecular formula is C20H36O2. The summed E-state index contributed by atoms with van der Waals surface area (Å²) in [7, 11) is 0. The Hall–Kier alpha value is -0.340. The van der Waals surface area contributed by atoms with Crippen LogP contribution >= 0.6 is 0 Å². The highest BCUT2D eigenvalue weighted by molar-refractivity contribution is 5.09. The van der Waals surface area contributed by atoms with Gasteiger partial charge in [0.05, 0.1) is 12.2 Å². The van der Waals surface area contributed by atoms with Crippen LogP contribution in [0.3, 0.4) is 0 Å². The zero-order valence-electron chi connectivity index (χ0n) is 15.3. The minimum Gasteiger partial charge on any atom is -0.392 e. The molecule has 128 valence electrons. The van der Waals surface area contributed by atoms with E-state index in [4.69, 9.17) is 5.11 Å². The molecule has 0 amide bonds. The minimum absolute atomic E-state index is 0.125. The van der Waals surface area contributed by atoms with Crippen LogP contribution in [-0.4, -0.2) is 22.4 Å². The van der Waals surface area contributed by atoms with E-state index >= 15 is 0 Å². The molecule has 0 unspecified atom stereocenters. The molecule has 4 atom stereocenters. The molecule has 22 heavy (non-hydrogen) atoms. The Morgan fingerprint density at radius 2 is 1.82 bits per heavy atom. The van der Waals surface area contributed by atoms with E-state index in [0.29, 0.717) is 11.3 Å². The Bertz CT molecular complexity index is 421. The average Bonchev–Trinajstić information content (AvgIpc) is 2.36. The molecule has 0 aromatic carbocycles. The first-order valence-corrected chi connectivity index (χ1v) is 9.12. The Kier molecular flexibility index (Phi) is 5.14. The SMILES string of the molecule is C/C(=C\CO)CC[C@@H]1[C@@]2(C)CCCC(C)(C)[C@@H]2CC[C@@]1(C)O. The Balaban J connectivity index is 2.24. The van der Waals surface area contributed by atoms with Crippen molar-refractivity contribution in [1.82, 2.24) is 0 Å². The first kappa shape index (κ1) is 18.0. The molecule has 2 aliphatic rings. The summed E-state index contributed by atoms with van der Waals surface area (Å²) in [6, 6.07) is 0. The number of fused-ring (bicyclic) bond motifs is 1. The zero-order chi connectivity index (χ0) is 16.6. The van der Waals surface area contributed by atoms with Crippen LogP contribution < -0.4 is 0 Å². The van der Waals surface area contributed by atoms with Crippen LogP contribution in [0, 0.1) is 22.7 Å². The molecule has 2 rings (SSSR count). The quantitative estimate of drug-likeness (QED) is 0.739. The molecule has 2 fully saturated rings. The predicted octanol–water partition coefficient (Wildman–Crippen LogP) is 4.70. The van der Waals surface area contributed by atoms with Gasteiger partial charge in [-0.3, -0.25) is 0 Å². The number of hydrogen-bond acceptors (Lipinski definition) is 2. The van der Waals surface area contributed by atoms with Crippen LogP contribution in [0.25, 0.3) is 0 Å². The fourth-order valence-electron chi connectivity index (χ4n) is 5.90. The lowest BCUT2D eigenvalue weighted by Crippen LogP contribution is -2.57. The van der Waals surface area contributed by atoms with E-state index in [-0.39, 0.29) is 12.0 Å². The maximum atomic E-state index is 11.1. The predicted molar refractivity (Wildman–Crippen MR) is 92.7 cm³/mol. The smallest absolute Gasteiger partial charge is 0.0653 e. The second kappa shape index (κ2) is 6.28. The van der Waals surface area contributed by atoms with Gasteiger partial charge in [-0.1, -0.05) is 38.8 Å². The van der Waals surface area contributed by atoms with Gasteiger partial charge in [-0.05, 0) is 75.0 Å². The van der Waals surface area contributed by atoms with Gasteiger partial charge in [0.2, 0.25) is 0 Å². The maximum absolute atomic E-state index is 11.1. The van der Waals surface area contributed by atoms with Gasteiger partial charge in [-0.25, -0.2) is 0 Å². The lowest BCUT2D eigenvalue weighted by Gasteiger charge is -2.61. The van der Waals surface area contributed by atoms with Crippen molar-refractivity contribution in [3.63, 3.8) is 0 Å². The number of rotatable bonds is 4. The Morgan fingerprint density at radius 3 is 2.45 bits per heavy atom. The number of aliphatic hydroxyl groups excluding tert-OH is 1. The monoisotopic (exact) mass is 308 g/mol. The van der Waals surface area contributed by atoms with Gasteiger partial charge in [0, 0.05) is 0 Å². The van der Waals surface area contributed by atoms with Crippen molar-refractivity contribution in [1.29, 1.82) is 0 Å². The molecule has 0 aromatic heterocycles. The number of hydrogen-bond donors (Lipinski definition) is 2. The van der Waals surface area contributed by atoms with E-state index < -0.39 is 5.60 Å². The van der Waals surface area contributed by atoms with Gasteiger partial charge in [-0.15, -0.1) is 0 Å². The second-order valence-corrected chi connectivity index (χ2v) is 9.12. The highest BCUT2D eigenvalue weighted by Gasteiger charge is 2.57. The largest absolute Gasteiger partial charge is 0.392 e. The molecule has 2 N–H and O–H groups in total. The van der Waals surface area contributed by atoms with E-state index in [2.05, 4.69) is 34.6 Å². The number of aliphatic hydroxyl groups is 2. The summed E-state index contributed by atoms with van der Waals surface area (Å²) in [5.74, 6) is 1.08. The molecule has 0 bridgehead atoms. The Labute approximate surface area is 137 Å². The van der Waals surface area contributed by atoms with Crippen molar-refractivity contribution in [2.45, 2.75) is 85.2 Å². The summed E-state index contributed by atoms with van der Waals surface area (Å²) < 4.78 is 0. The highest BCUT2D eigenvalue weighted by atomic mass is 16.3. The standard InChI is InChI=1S/C20H36O2/c1-15(10-14-21)7-8-17-19(4)12-6-11-18(2,3)16(19)9-13-20(17,5)22/h10,16-17,21-22H,6-9,11-14H2,1-5H3/b15-10+/t16-,17+,19-,20+/m0/s1. The first-order chi connectivity index (χ1) is 10.1. The summed E-state index contributed by atoms with van der Waals surface area (Å²) in [6.45, 7) is 11.6. The number of allylic oxidation sites excluding steroid dienone is 1. The molecule has 0 radical (unpaired) electrons. The lowest BCUT2D eigenvalue weighted by molar-refractivity contribution is -0.168. The van der Waals surface area contributed by atoms with Crippen LogP contribution in [0.15, 0.2) is 11.6 Å². The average molecular weight is 309 g/mol. The summed E-state index contributed by atoms with van der Waals surface area (Å²) in [5.41, 5.74) is 1.36. The fourth-order valence-corrected chi connectivity index (χ4v) is 5.90. The van der Waals surface area contributed by atoms with E-state index in [9.17, 15) is 5.11 Å². The molecule has 2 nitrogen and oxygen atoms in total. The molecule has 0 saturated heterocycles. The lowest BCUT2D eigenvalue weighted by atomic mass is 9.45. The second-order valence-electron chi connectivity index (χ2n) is 9.12. The third-order valence-electron chi connectivity index (χ3n) is 7.03. The first-order valence-electron chi connectivity index (χ1n) is 9.12. The molecular weight excluding hydrogens is 272 g/mol. The summed E-state index contributed by atoms with van der Waals surface area (Å²) in [5, 5.41) is 20.1. The van der Waals surface area contributed by atoms with Crippen molar-refractivity contribution in [2.75, 3.05) is 6.61 Å². The third kappa shape index (κ3) is 3.28. The maximum Gasteiger partial charge on any atom is 0.0653 e. The highest BCUT2D eigenvalue weighted by Crippen LogP contribution is 2.62. The van der Waals surface area contributed by atoms with Crippen LogP contribution in [0.2, 0.25) is 0 Å². The van der Waals surface area contributed by atoms with Crippen LogP contribution in [-0.2, 0) is 0 Å². The topological polar surface area (TPSA) is 40.5 Å². The molecule has 2 saturated carbocycles. The molecule has 0 aliphatic heterocycles. The molecule has 0 heterocycles. The van der Waals surface area contributed by atoms with Gasteiger partial charge in [0.1, 0.15) is 0 Å². The van der Waals surface area contributed by atoms with Gasteiger partial charge in [0.25, 0.3) is 0 Å². The van der Waals surface area contributed by atoms with E-state index in [0.717, 1.165) is 25.2 Å². The van der Waals surface area contributed by atoms with Crippen molar-refractivity contribution >= 4 is 0 Å². The molecule has 2 heteroatoms. The third-order valence-corrected chi connectivity index (χ3v) is 7.03. The van der Waals surface area contributed by atoms with Gasteiger partial charge in [-0.2, -0.15) is 0 Å². The van der Waals surface area contributed by atoms with E-state index in [1.165, 1.54) is 31.3 Å². The van der Waals surface area contributed by atoms with Gasteiger partial charge < -0.3 is 10.2 Å². The van der Waals surface area contributed by atoms with Crippen molar-refractivity contribution in [3.8, 4) is 0 Å². The van der Waals surface area contributed by atoms with Crippen molar-refractivity contribution in [3.05, 3.63) is 11.6 Å². The van der Waals surface area contributed by atoms with E-state index in [1.807, 2.05) is 6.08 Å². The van der Waals surface area contributed by atoms with Crippen LogP contribution in [0.5, 0.6) is 0 Å². The van der Waals surface area contributed by atoms with Crippen molar-refractivity contribution in [2.24, 2.45) is 22.7 Å². The van der Waals surface area contributed by atoms with E-state index in [1.54, 1.807) is 0 Å².